The van der Waals surface area contributed by atoms with E-state index in [9.17, 15) is 5.11 Å². The molecule has 2 rings (SSSR count). The molecule has 1 aromatic heterocycles. The molecular formula is C13H21N3O. The van der Waals surface area contributed by atoms with Gasteiger partial charge in [0.1, 0.15) is 0 Å². The van der Waals surface area contributed by atoms with Crippen LogP contribution in [0.1, 0.15) is 26.7 Å². The van der Waals surface area contributed by atoms with Gasteiger partial charge in [-0.15, -0.1) is 0 Å². The summed E-state index contributed by atoms with van der Waals surface area (Å²) in [4.78, 5) is 6.45. The van der Waals surface area contributed by atoms with Gasteiger partial charge >= 0.3 is 0 Å². The van der Waals surface area contributed by atoms with Crippen LogP contribution < -0.4 is 10.2 Å². The Hall–Kier alpha value is -1.29. The molecule has 4 nitrogen and oxygen atoms in total. The Labute approximate surface area is 103 Å². The summed E-state index contributed by atoms with van der Waals surface area (Å²) in [5.41, 5.74) is 1.55. The van der Waals surface area contributed by atoms with Crippen LogP contribution in [0.4, 0.5) is 11.4 Å². The van der Waals surface area contributed by atoms with Crippen LogP contribution >= 0.6 is 0 Å². The number of rotatable bonds is 3. The van der Waals surface area contributed by atoms with E-state index in [0.29, 0.717) is 6.54 Å². The number of hydrogen-bond donors (Lipinski definition) is 2. The van der Waals surface area contributed by atoms with Gasteiger partial charge in [-0.25, -0.2) is 0 Å². The van der Waals surface area contributed by atoms with Crippen molar-refractivity contribution in [3.05, 3.63) is 18.5 Å². The molecule has 0 aliphatic carbocycles. The lowest BCUT2D eigenvalue weighted by Gasteiger charge is -2.38. The van der Waals surface area contributed by atoms with Crippen molar-refractivity contribution in [2.24, 2.45) is 0 Å². The molecule has 0 spiro atoms. The third-order valence-corrected chi connectivity index (χ3v) is 3.14. The molecule has 1 unspecified atom stereocenters. The standard InChI is InChI=1S/C13H21N3O/c1-3-15-11-7-12(9-14-8-11)16-6-4-5-13(2,17)10-16/h7-9,15,17H,3-6,10H2,1-2H3. The number of anilines is 2. The van der Waals surface area contributed by atoms with Crippen molar-refractivity contribution >= 4 is 11.4 Å². The van der Waals surface area contributed by atoms with E-state index >= 15 is 0 Å². The Morgan fingerprint density at radius 2 is 2.35 bits per heavy atom. The molecular weight excluding hydrogens is 214 g/mol. The maximum absolute atomic E-state index is 10.1. The molecule has 1 aliphatic heterocycles. The molecule has 0 radical (unpaired) electrons. The van der Waals surface area contributed by atoms with Crippen LogP contribution in [0.2, 0.25) is 0 Å². The second-order valence-corrected chi connectivity index (χ2v) is 4.98. The predicted octanol–water partition coefficient (Wildman–Crippen LogP) is 1.86. The molecule has 1 fully saturated rings. The molecule has 2 heterocycles. The number of β-amino-alcohol motifs (C(OH)–C–C–N with tert-alkyl or cyclic N) is 1. The first kappa shape index (κ1) is 12.2. The Morgan fingerprint density at radius 1 is 1.53 bits per heavy atom. The van der Waals surface area contributed by atoms with E-state index in [-0.39, 0.29) is 0 Å². The number of piperidine rings is 1. The highest BCUT2D eigenvalue weighted by molar-refractivity contribution is 5.56. The predicted molar refractivity (Wildman–Crippen MR) is 70.5 cm³/mol. The fourth-order valence-electron chi connectivity index (χ4n) is 2.34. The summed E-state index contributed by atoms with van der Waals surface area (Å²) < 4.78 is 0. The summed E-state index contributed by atoms with van der Waals surface area (Å²) in [6, 6.07) is 2.10. The average Bonchev–Trinajstić information content (AvgIpc) is 2.28. The number of pyridine rings is 1. The fraction of sp³-hybridized carbons (Fsp3) is 0.615. The molecule has 0 amide bonds. The van der Waals surface area contributed by atoms with E-state index in [1.165, 1.54) is 0 Å². The van der Waals surface area contributed by atoms with Gasteiger partial charge in [0, 0.05) is 19.6 Å². The van der Waals surface area contributed by atoms with Gasteiger partial charge in [0.2, 0.25) is 0 Å². The highest BCUT2D eigenvalue weighted by Gasteiger charge is 2.28. The van der Waals surface area contributed by atoms with Gasteiger partial charge in [0.25, 0.3) is 0 Å². The molecule has 2 N–H and O–H groups in total. The van der Waals surface area contributed by atoms with Crippen molar-refractivity contribution in [2.75, 3.05) is 29.9 Å². The minimum absolute atomic E-state index is 0.577. The summed E-state index contributed by atoms with van der Waals surface area (Å²) in [6.07, 6.45) is 5.60. The summed E-state index contributed by atoms with van der Waals surface area (Å²) in [6.45, 7) is 6.54. The maximum atomic E-state index is 10.1. The van der Waals surface area contributed by atoms with Crippen molar-refractivity contribution in [3.8, 4) is 0 Å². The van der Waals surface area contributed by atoms with E-state index in [4.69, 9.17) is 0 Å². The SMILES string of the molecule is CCNc1cncc(N2CCCC(C)(O)C2)c1. The molecule has 1 saturated heterocycles. The first-order chi connectivity index (χ1) is 8.11. The quantitative estimate of drug-likeness (QED) is 0.839. The molecule has 17 heavy (non-hydrogen) atoms. The smallest absolute Gasteiger partial charge is 0.0794 e. The van der Waals surface area contributed by atoms with E-state index in [0.717, 1.165) is 37.3 Å². The molecule has 1 atom stereocenters. The van der Waals surface area contributed by atoms with Crippen LogP contribution in [0.15, 0.2) is 18.5 Å². The van der Waals surface area contributed by atoms with Gasteiger partial charge in [-0.2, -0.15) is 0 Å². The lowest BCUT2D eigenvalue weighted by molar-refractivity contribution is 0.0449. The average molecular weight is 235 g/mol. The van der Waals surface area contributed by atoms with Gasteiger partial charge in [-0.3, -0.25) is 4.98 Å². The van der Waals surface area contributed by atoms with Gasteiger partial charge in [-0.05, 0) is 32.8 Å². The number of nitrogens with zero attached hydrogens (tertiary/aromatic N) is 2. The van der Waals surface area contributed by atoms with E-state index in [2.05, 4.69) is 28.2 Å². The Kier molecular flexibility index (Phi) is 3.52. The van der Waals surface area contributed by atoms with Gasteiger partial charge < -0.3 is 15.3 Å². The maximum Gasteiger partial charge on any atom is 0.0794 e. The fourth-order valence-corrected chi connectivity index (χ4v) is 2.34. The van der Waals surface area contributed by atoms with Gasteiger partial charge in [0.05, 0.1) is 29.4 Å². The van der Waals surface area contributed by atoms with Crippen molar-refractivity contribution < 1.29 is 5.11 Å². The van der Waals surface area contributed by atoms with Crippen molar-refractivity contribution in [1.82, 2.24) is 4.98 Å². The summed E-state index contributed by atoms with van der Waals surface area (Å²) in [7, 11) is 0. The topological polar surface area (TPSA) is 48.4 Å². The van der Waals surface area contributed by atoms with Crippen LogP contribution in [-0.2, 0) is 0 Å². The van der Waals surface area contributed by atoms with Gasteiger partial charge in [-0.1, -0.05) is 0 Å². The van der Waals surface area contributed by atoms with Crippen molar-refractivity contribution in [2.45, 2.75) is 32.3 Å². The van der Waals surface area contributed by atoms with E-state index in [1.54, 1.807) is 0 Å². The first-order valence-electron chi connectivity index (χ1n) is 6.27. The van der Waals surface area contributed by atoms with Crippen LogP contribution in [0.5, 0.6) is 0 Å². The Bertz CT molecular complexity index is 379. The normalized spacial score (nSPS) is 24.8. The first-order valence-corrected chi connectivity index (χ1v) is 6.27. The zero-order valence-corrected chi connectivity index (χ0v) is 10.6. The van der Waals surface area contributed by atoms with Crippen LogP contribution in [0.25, 0.3) is 0 Å². The molecule has 1 aromatic rings. The van der Waals surface area contributed by atoms with E-state index in [1.807, 2.05) is 19.3 Å². The zero-order chi connectivity index (χ0) is 12.3. The molecule has 4 heteroatoms. The highest BCUT2D eigenvalue weighted by Crippen LogP contribution is 2.26. The molecule has 0 saturated carbocycles. The lowest BCUT2D eigenvalue weighted by Crippen LogP contribution is -2.46. The number of hydrogen-bond acceptors (Lipinski definition) is 4. The van der Waals surface area contributed by atoms with Crippen LogP contribution in [0.3, 0.4) is 0 Å². The second-order valence-electron chi connectivity index (χ2n) is 4.98. The Balaban J connectivity index is 2.13. The largest absolute Gasteiger partial charge is 0.388 e. The Morgan fingerprint density at radius 3 is 3.06 bits per heavy atom. The third kappa shape index (κ3) is 3.09. The number of nitrogens with one attached hydrogen (secondary N) is 1. The zero-order valence-electron chi connectivity index (χ0n) is 10.6. The molecule has 0 bridgehead atoms. The highest BCUT2D eigenvalue weighted by atomic mass is 16.3. The van der Waals surface area contributed by atoms with Gasteiger partial charge in [0.15, 0.2) is 0 Å². The van der Waals surface area contributed by atoms with Crippen LogP contribution in [-0.4, -0.2) is 35.3 Å². The molecule has 94 valence electrons. The summed E-state index contributed by atoms with van der Waals surface area (Å²) in [5, 5.41) is 13.4. The second kappa shape index (κ2) is 4.92. The number of aliphatic hydroxyl groups is 1. The third-order valence-electron chi connectivity index (χ3n) is 3.14. The molecule has 0 aromatic carbocycles. The summed E-state index contributed by atoms with van der Waals surface area (Å²) in [5.74, 6) is 0. The van der Waals surface area contributed by atoms with E-state index < -0.39 is 5.60 Å². The summed E-state index contributed by atoms with van der Waals surface area (Å²) >= 11 is 0. The minimum Gasteiger partial charge on any atom is -0.388 e. The lowest BCUT2D eigenvalue weighted by atomic mass is 9.95. The van der Waals surface area contributed by atoms with Crippen LogP contribution in [0, 0.1) is 0 Å². The minimum atomic E-state index is -0.577. The number of aromatic nitrogens is 1. The van der Waals surface area contributed by atoms with Crippen molar-refractivity contribution in [3.63, 3.8) is 0 Å². The molecule has 1 aliphatic rings. The monoisotopic (exact) mass is 235 g/mol. The van der Waals surface area contributed by atoms with Crippen molar-refractivity contribution in [1.29, 1.82) is 0 Å².